The van der Waals surface area contributed by atoms with Crippen LogP contribution in [0.4, 0.5) is 15.3 Å². The number of benzene rings is 1. The van der Waals surface area contributed by atoms with Crippen LogP contribution in [0.1, 0.15) is 108 Å². The number of aromatic amines is 1. The fourth-order valence-electron chi connectivity index (χ4n) is 3.85. The van der Waals surface area contributed by atoms with Crippen LogP contribution < -0.4 is 21.3 Å². The van der Waals surface area contributed by atoms with Crippen LogP contribution in [0.2, 0.25) is 0 Å². The van der Waals surface area contributed by atoms with E-state index in [0.29, 0.717) is 25.1 Å². The summed E-state index contributed by atoms with van der Waals surface area (Å²) in [5.41, 5.74) is -1.11. The summed E-state index contributed by atoms with van der Waals surface area (Å²) in [7, 11) is 0. The van der Waals surface area contributed by atoms with Gasteiger partial charge < -0.3 is 40.5 Å². The smallest absolute Gasteiger partial charge is 0.407 e. The van der Waals surface area contributed by atoms with E-state index in [0.717, 1.165) is 5.56 Å². The number of carbonyl (C=O) groups is 5. The fraction of sp³-hybridized carbons (Fsp3) is 0.562. The number of ether oxygens (including phenoxy) is 3. The van der Waals surface area contributed by atoms with E-state index in [1.165, 1.54) is 6.33 Å². The minimum atomic E-state index is -1.02. The Hall–Kier alpha value is -4.62. The molecule has 2 rings (SSSR count). The summed E-state index contributed by atoms with van der Waals surface area (Å²) >= 11 is 0. The van der Waals surface area contributed by atoms with Crippen LogP contribution in [-0.2, 0) is 25.5 Å². The lowest BCUT2D eigenvalue weighted by Gasteiger charge is -2.24. The molecule has 254 valence electrons. The van der Waals surface area contributed by atoms with Crippen molar-refractivity contribution in [3.8, 4) is 0 Å². The van der Waals surface area contributed by atoms with E-state index in [1.807, 2.05) is 0 Å². The van der Waals surface area contributed by atoms with E-state index in [9.17, 15) is 24.0 Å². The molecule has 14 heteroatoms. The minimum Gasteiger partial charge on any atom is -0.458 e. The van der Waals surface area contributed by atoms with Gasteiger partial charge >= 0.3 is 18.2 Å². The SMILES string of the molecule is CC(C)(C)OC(=O)NCCCC[C@H](NC(=O)c1[nH]cnc1C(=O)Nc1ccc(CNC(=O)OC(C)(C)C)cc1)C(=O)OC(C)(C)C. The zero-order valence-corrected chi connectivity index (χ0v) is 28.2. The minimum absolute atomic E-state index is 0.129. The summed E-state index contributed by atoms with van der Waals surface area (Å²) < 4.78 is 15.9. The molecule has 1 aromatic carbocycles. The first-order valence-electron chi connectivity index (χ1n) is 15.1. The molecule has 4 amide bonds. The summed E-state index contributed by atoms with van der Waals surface area (Å²) in [4.78, 5) is 69.7. The standard InChI is InChI=1S/C32H48N6O8/c1-30(2,3)44-27(41)22(12-10-11-17-33-28(42)45-31(4,5)6)38-26(40)24-23(35-19-36-24)25(39)37-21-15-13-20(14-16-21)18-34-29(43)46-32(7,8)9/h13-16,19,22H,10-12,17-18H2,1-9H3,(H,33,42)(H,34,43)(H,35,36)(H,37,39)(H,38,40)/t22-/m0/s1. The molecule has 0 saturated carbocycles. The van der Waals surface area contributed by atoms with E-state index in [2.05, 4.69) is 31.2 Å². The van der Waals surface area contributed by atoms with E-state index >= 15 is 0 Å². The van der Waals surface area contributed by atoms with Gasteiger partial charge in [0.15, 0.2) is 5.69 Å². The van der Waals surface area contributed by atoms with Gasteiger partial charge in [0.1, 0.15) is 28.5 Å². The van der Waals surface area contributed by atoms with Gasteiger partial charge in [0, 0.05) is 18.8 Å². The lowest BCUT2D eigenvalue weighted by molar-refractivity contribution is -0.157. The van der Waals surface area contributed by atoms with Crippen molar-refractivity contribution in [3.63, 3.8) is 0 Å². The van der Waals surface area contributed by atoms with Crippen LogP contribution in [-0.4, -0.2) is 69.3 Å². The predicted octanol–water partition coefficient (Wildman–Crippen LogP) is 4.82. The average Bonchev–Trinajstić information content (AvgIpc) is 3.39. The van der Waals surface area contributed by atoms with E-state index in [-0.39, 0.29) is 24.4 Å². The van der Waals surface area contributed by atoms with E-state index < -0.39 is 52.8 Å². The van der Waals surface area contributed by atoms with E-state index in [1.54, 1.807) is 86.6 Å². The number of H-pyrrole nitrogens is 1. The van der Waals surface area contributed by atoms with Gasteiger partial charge in [-0.3, -0.25) is 9.59 Å². The molecule has 0 radical (unpaired) electrons. The van der Waals surface area contributed by atoms with Gasteiger partial charge in [0.05, 0.1) is 6.33 Å². The number of alkyl carbamates (subject to hydrolysis) is 2. The number of anilines is 1. The molecule has 2 aromatic rings. The molecule has 46 heavy (non-hydrogen) atoms. The number of amides is 4. The number of nitrogens with zero attached hydrogens (tertiary/aromatic N) is 1. The van der Waals surface area contributed by atoms with Gasteiger partial charge in [-0.1, -0.05) is 12.1 Å². The van der Waals surface area contributed by atoms with Crippen LogP contribution in [0.25, 0.3) is 0 Å². The van der Waals surface area contributed by atoms with Gasteiger partial charge in [-0.25, -0.2) is 19.4 Å². The lowest BCUT2D eigenvalue weighted by Crippen LogP contribution is -2.44. The molecule has 0 aliphatic carbocycles. The third kappa shape index (κ3) is 14.4. The number of hydrogen-bond acceptors (Lipinski definition) is 9. The van der Waals surface area contributed by atoms with Crippen molar-refractivity contribution < 1.29 is 38.2 Å². The molecule has 0 unspecified atom stereocenters. The van der Waals surface area contributed by atoms with Crippen molar-refractivity contribution in [2.45, 2.75) is 111 Å². The molecule has 14 nitrogen and oxygen atoms in total. The van der Waals surface area contributed by atoms with Gasteiger partial charge in [-0.15, -0.1) is 0 Å². The second-order valence-corrected chi connectivity index (χ2v) is 13.6. The van der Waals surface area contributed by atoms with Crippen molar-refractivity contribution in [1.29, 1.82) is 0 Å². The average molecular weight is 645 g/mol. The third-order valence-corrected chi connectivity index (χ3v) is 5.71. The molecule has 5 N–H and O–H groups in total. The van der Waals surface area contributed by atoms with Crippen LogP contribution in [0.15, 0.2) is 30.6 Å². The summed E-state index contributed by atoms with van der Waals surface area (Å²) in [5, 5.41) is 10.7. The Balaban J connectivity index is 2.01. The highest BCUT2D eigenvalue weighted by atomic mass is 16.6. The Labute approximate surface area is 270 Å². The Morgan fingerprint density at radius 2 is 1.33 bits per heavy atom. The maximum Gasteiger partial charge on any atom is 0.407 e. The first-order valence-corrected chi connectivity index (χ1v) is 15.1. The number of hydrogen-bond donors (Lipinski definition) is 5. The van der Waals surface area contributed by atoms with Crippen LogP contribution >= 0.6 is 0 Å². The Kier molecular flexibility index (Phi) is 13.1. The number of imidazole rings is 1. The molecular weight excluding hydrogens is 596 g/mol. The summed E-state index contributed by atoms with van der Waals surface area (Å²) in [5.74, 6) is -1.99. The second-order valence-electron chi connectivity index (χ2n) is 13.6. The van der Waals surface area contributed by atoms with Crippen LogP contribution in [0.3, 0.4) is 0 Å². The molecule has 0 saturated heterocycles. The number of esters is 1. The predicted molar refractivity (Wildman–Crippen MR) is 171 cm³/mol. The maximum absolute atomic E-state index is 13.2. The molecule has 1 heterocycles. The zero-order chi connectivity index (χ0) is 34.7. The van der Waals surface area contributed by atoms with Gasteiger partial charge in [-0.05, 0) is 99.3 Å². The topological polar surface area (TPSA) is 190 Å². The molecule has 0 spiro atoms. The highest BCUT2D eigenvalue weighted by Crippen LogP contribution is 2.15. The quantitative estimate of drug-likeness (QED) is 0.122. The molecule has 0 bridgehead atoms. The number of aromatic nitrogens is 2. The fourth-order valence-corrected chi connectivity index (χ4v) is 3.85. The van der Waals surface area contributed by atoms with Gasteiger partial charge in [-0.2, -0.15) is 0 Å². The number of rotatable bonds is 12. The van der Waals surface area contributed by atoms with Crippen molar-refractivity contribution in [2.24, 2.45) is 0 Å². The van der Waals surface area contributed by atoms with Crippen LogP contribution in [0.5, 0.6) is 0 Å². The van der Waals surface area contributed by atoms with Crippen molar-refractivity contribution in [3.05, 3.63) is 47.5 Å². The Morgan fingerprint density at radius 3 is 1.89 bits per heavy atom. The summed E-state index contributed by atoms with van der Waals surface area (Å²) in [6.45, 7) is 16.3. The van der Waals surface area contributed by atoms with Crippen molar-refractivity contribution >= 4 is 35.7 Å². The lowest BCUT2D eigenvalue weighted by atomic mass is 10.1. The number of nitrogens with one attached hydrogen (secondary N) is 5. The monoisotopic (exact) mass is 644 g/mol. The number of unbranched alkanes of at least 4 members (excludes halogenated alkanes) is 1. The molecular formula is C32H48N6O8. The highest BCUT2D eigenvalue weighted by molar-refractivity contribution is 6.10. The van der Waals surface area contributed by atoms with Crippen LogP contribution in [0, 0.1) is 0 Å². The molecule has 0 aliphatic heterocycles. The van der Waals surface area contributed by atoms with Crippen molar-refractivity contribution in [2.75, 3.05) is 11.9 Å². The van der Waals surface area contributed by atoms with E-state index in [4.69, 9.17) is 14.2 Å². The normalized spacial score (nSPS) is 12.4. The first kappa shape index (κ1) is 37.6. The third-order valence-electron chi connectivity index (χ3n) is 5.71. The second kappa shape index (κ2) is 16.1. The molecule has 1 atom stereocenters. The molecule has 0 aliphatic rings. The molecule has 0 fully saturated rings. The van der Waals surface area contributed by atoms with Gasteiger partial charge in [0.25, 0.3) is 11.8 Å². The first-order chi connectivity index (χ1) is 21.2. The zero-order valence-electron chi connectivity index (χ0n) is 28.2. The summed E-state index contributed by atoms with van der Waals surface area (Å²) in [6.07, 6.45) is 1.34. The Bertz CT molecular complexity index is 1350. The maximum atomic E-state index is 13.2. The number of carbonyl (C=O) groups excluding carboxylic acids is 5. The largest absolute Gasteiger partial charge is 0.458 e. The van der Waals surface area contributed by atoms with Gasteiger partial charge in [0.2, 0.25) is 0 Å². The molecule has 1 aromatic heterocycles. The summed E-state index contributed by atoms with van der Waals surface area (Å²) in [6, 6.07) is 5.72. The highest BCUT2D eigenvalue weighted by Gasteiger charge is 2.29. The Morgan fingerprint density at radius 1 is 0.761 bits per heavy atom. The van der Waals surface area contributed by atoms with Crippen molar-refractivity contribution in [1.82, 2.24) is 25.9 Å².